The van der Waals surface area contributed by atoms with Crippen molar-refractivity contribution in [3.05, 3.63) is 146 Å². The summed E-state index contributed by atoms with van der Waals surface area (Å²) in [6, 6.07) is -0.866. The van der Waals surface area contributed by atoms with Gasteiger partial charge in [0.1, 0.15) is 48.8 Å². The summed E-state index contributed by atoms with van der Waals surface area (Å²) in [7, 11) is 0. The number of allylic oxidation sites excluding steroid dienone is 24. The second kappa shape index (κ2) is 72.7. The van der Waals surface area contributed by atoms with Gasteiger partial charge in [-0.05, 0) is 103 Å². The number of hydrogen-bond donors (Lipinski definition) is 9. The zero-order valence-corrected chi connectivity index (χ0v) is 66.2. The van der Waals surface area contributed by atoms with E-state index in [2.05, 4.69) is 165 Å². The van der Waals surface area contributed by atoms with E-state index in [-0.39, 0.29) is 18.9 Å². The average molecular weight is 1470 g/mol. The summed E-state index contributed by atoms with van der Waals surface area (Å²) >= 11 is 0. The maximum absolute atomic E-state index is 13.4. The molecule has 0 spiro atoms. The summed E-state index contributed by atoms with van der Waals surface area (Å²) in [5, 5.41) is 87.9. The Morgan fingerprint density at radius 2 is 0.657 bits per heavy atom. The Balaban J connectivity index is 1.63. The first kappa shape index (κ1) is 96.9. The van der Waals surface area contributed by atoms with E-state index in [4.69, 9.17) is 18.9 Å². The molecule has 2 aliphatic rings. The lowest BCUT2D eigenvalue weighted by Gasteiger charge is -2.46. The van der Waals surface area contributed by atoms with Crippen LogP contribution < -0.4 is 5.32 Å². The molecule has 2 aliphatic heterocycles. The average Bonchev–Trinajstić information content (AvgIpc) is 0.789. The van der Waals surface area contributed by atoms with Gasteiger partial charge in [0.2, 0.25) is 5.91 Å². The van der Waals surface area contributed by atoms with Gasteiger partial charge in [0, 0.05) is 6.42 Å². The van der Waals surface area contributed by atoms with Crippen LogP contribution in [-0.2, 0) is 23.7 Å². The van der Waals surface area contributed by atoms with E-state index >= 15 is 0 Å². The maximum atomic E-state index is 13.4. The van der Waals surface area contributed by atoms with Crippen LogP contribution >= 0.6 is 0 Å². The van der Waals surface area contributed by atoms with Gasteiger partial charge in [-0.3, -0.25) is 4.79 Å². The van der Waals surface area contributed by atoms with Crippen LogP contribution in [0.1, 0.15) is 328 Å². The predicted molar refractivity (Wildman–Crippen MR) is 438 cm³/mol. The molecule has 2 heterocycles. The molecule has 0 saturated carbocycles. The Kier molecular flexibility index (Phi) is 67.1. The molecule has 12 atom stereocenters. The van der Waals surface area contributed by atoms with Crippen molar-refractivity contribution in [2.24, 2.45) is 0 Å². The number of ether oxygens (including phenoxy) is 4. The molecule has 1 amide bonds. The first-order valence-corrected chi connectivity index (χ1v) is 42.6. The molecule has 2 rings (SSSR count). The summed E-state index contributed by atoms with van der Waals surface area (Å²) in [5.74, 6) is -0.250. The minimum Gasteiger partial charge on any atom is -0.394 e. The lowest BCUT2D eigenvalue weighted by atomic mass is 9.97. The Bertz CT molecular complexity index is 2330. The van der Waals surface area contributed by atoms with Crippen molar-refractivity contribution in [1.29, 1.82) is 0 Å². The molecule has 0 aliphatic carbocycles. The third-order valence-corrected chi connectivity index (χ3v) is 19.8. The normalized spacial score (nSPS) is 22.2. The van der Waals surface area contributed by atoms with Crippen LogP contribution in [0.25, 0.3) is 0 Å². The largest absolute Gasteiger partial charge is 0.394 e. The van der Waals surface area contributed by atoms with Crippen LogP contribution in [-0.4, -0.2) is 140 Å². The second-order valence-corrected chi connectivity index (χ2v) is 29.2. The molecule has 9 N–H and O–H groups in total. The highest BCUT2D eigenvalue weighted by molar-refractivity contribution is 5.76. The molecule has 14 nitrogen and oxygen atoms in total. The highest BCUT2D eigenvalue weighted by atomic mass is 16.7. The van der Waals surface area contributed by atoms with E-state index in [0.717, 1.165) is 116 Å². The molecule has 0 aromatic heterocycles. The van der Waals surface area contributed by atoms with Crippen molar-refractivity contribution in [3.8, 4) is 0 Å². The van der Waals surface area contributed by atoms with Crippen LogP contribution in [0.4, 0.5) is 0 Å². The van der Waals surface area contributed by atoms with Gasteiger partial charge in [0.05, 0.1) is 32.0 Å². The van der Waals surface area contributed by atoms with Crippen LogP contribution in [0.3, 0.4) is 0 Å². The standard InChI is InChI=1S/C91H155NO13/c1-3-5-7-9-11-13-15-17-19-21-23-25-27-29-31-33-35-37-38-39-40-41-42-43-45-47-49-51-53-55-57-59-61-63-65-67-69-71-73-75-83(96)92-79(78-102-90-88(101)86(99)89(82(77-94)104-90)105-91-87(100)85(98)84(97)81(76-93)103-91)80(95)74-72-70-68-66-64-62-60-58-56-54-52-50-48-46-44-36-34-32-30-28-26-24-22-20-18-16-14-12-10-8-6-4-2/h5,7,11,13,17,19,23,25,29,31,35,37,39-40,42-43,47,49,53,55,59,61,65,67,79-82,84-91,93-95,97-101H,3-4,6,8-10,12,14-16,18,20-22,24,26-28,30,32-34,36,38,41,44-46,48,50-52,54,56-58,60,62-64,66,68-78H2,1-2H3,(H,92,96)/b7-5-,13-11-,19-17-,25-23-,31-29-,37-35-,40-39-,43-42-,49-47-,55-53-,61-59-,67-65-. The first-order chi connectivity index (χ1) is 51.6. The van der Waals surface area contributed by atoms with Gasteiger partial charge in [0.15, 0.2) is 12.6 Å². The Labute approximate surface area is 640 Å². The van der Waals surface area contributed by atoms with Crippen molar-refractivity contribution in [2.45, 2.75) is 402 Å². The van der Waals surface area contributed by atoms with Crippen LogP contribution in [0.5, 0.6) is 0 Å². The summed E-state index contributed by atoms with van der Waals surface area (Å²) < 4.78 is 23.0. The van der Waals surface area contributed by atoms with E-state index in [9.17, 15) is 45.6 Å². The zero-order chi connectivity index (χ0) is 75.8. The van der Waals surface area contributed by atoms with Crippen molar-refractivity contribution >= 4 is 5.91 Å². The SMILES string of the molecule is CC/C=C\C/C=C\C/C=C\C/C=C\C/C=C\C/C=C\C/C=C\C/C=C\C/C=C\C/C=C\C/C=C\C/C=C\CCCCC(=O)NC(COC1OC(CO)C(OC2OC(CO)C(O)C(O)C2O)C(O)C1O)C(O)CCCCCCCCCCCCCCCCCCCCCCCCCCCCCCCCCC. The fraction of sp³-hybridized carbons (Fsp3) is 0.725. The Morgan fingerprint density at radius 3 is 0.990 bits per heavy atom. The number of unbranched alkanes of at least 4 members (excludes halogenated alkanes) is 33. The van der Waals surface area contributed by atoms with Gasteiger partial charge in [-0.15, -0.1) is 0 Å². The highest BCUT2D eigenvalue weighted by Gasteiger charge is 2.51. The molecule has 105 heavy (non-hydrogen) atoms. The molecule has 14 heteroatoms. The molecular weight excluding hydrogens is 1310 g/mol. The highest BCUT2D eigenvalue weighted by Crippen LogP contribution is 2.30. The predicted octanol–water partition coefficient (Wildman–Crippen LogP) is 20.3. The molecule has 602 valence electrons. The van der Waals surface area contributed by atoms with E-state index in [1.165, 1.54) is 180 Å². The van der Waals surface area contributed by atoms with Crippen molar-refractivity contribution in [1.82, 2.24) is 5.32 Å². The number of hydrogen-bond acceptors (Lipinski definition) is 13. The fourth-order valence-corrected chi connectivity index (χ4v) is 13.2. The number of carbonyl (C=O) groups is 1. The van der Waals surface area contributed by atoms with Crippen molar-refractivity contribution < 1.29 is 64.6 Å². The second-order valence-electron chi connectivity index (χ2n) is 29.2. The van der Waals surface area contributed by atoms with Crippen LogP contribution in [0.15, 0.2) is 146 Å². The molecule has 0 bridgehead atoms. The van der Waals surface area contributed by atoms with E-state index < -0.39 is 86.8 Å². The van der Waals surface area contributed by atoms with Crippen molar-refractivity contribution in [2.75, 3.05) is 19.8 Å². The number of aliphatic hydroxyl groups excluding tert-OH is 8. The van der Waals surface area contributed by atoms with E-state index in [1.807, 2.05) is 0 Å². The summed E-state index contributed by atoms with van der Waals surface area (Å²) in [6.07, 6.45) is 93.2. The smallest absolute Gasteiger partial charge is 0.220 e. The van der Waals surface area contributed by atoms with Gasteiger partial charge < -0.3 is 65.1 Å². The topological polar surface area (TPSA) is 228 Å². The number of aliphatic hydroxyl groups is 8. The number of amides is 1. The Hall–Kier alpha value is -4.13. The third kappa shape index (κ3) is 55.0. The first-order valence-electron chi connectivity index (χ1n) is 42.6. The van der Waals surface area contributed by atoms with Crippen LogP contribution in [0, 0.1) is 0 Å². The number of nitrogens with one attached hydrogen (secondary N) is 1. The van der Waals surface area contributed by atoms with E-state index in [1.54, 1.807) is 0 Å². The quantitative estimate of drug-likeness (QED) is 0.0204. The number of carbonyl (C=O) groups excluding carboxylic acids is 1. The van der Waals surface area contributed by atoms with Crippen molar-refractivity contribution in [3.63, 3.8) is 0 Å². The lowest BCUT2D eigenvalue weighted by molar-refractivity contribution is -0.359. The summed E-state index contributed by atoms with van der Waals surface area (Å²) in [4.78, 5) is 13.4. The summed E-state index contributed by atoms with van der Waals surface area (Å²) in [5.41, 5.74) is 0. The van der Waals surface area contributed by atoms with Gasteiger partial charge >= 0.3 is 0 Å². The minimum absolute atomic E-state index is 0.240. The molecule has 0 aromatic carbocycles. The number of rotatable bonds is 70. The van der Waals surface area contributed by atoms with Gasteiger partial charge in [-0.1, -0.05) is 365 Å². The van der Waals surface area contributed by atoms with E-state index in [0.29, 0.717) is 12.8 Å². The summed E-state index contributed by atoms with van der Waals surface area (Å²) in [6.45, 7) is 2.75. The Morgan fingerprint density at radius 1 is 0.352 bits per heavy atom. The molecule has 2 saturated heterocycles. The van der Waals surface area contributed by atoms with Crippen LogP contribution in [0.2, 0.25) is 0 Å². The molecule has 12 unspecified atom stereocenters. The monoisotopic (exact) mass is 1470 g/mol. The third-order valence-electron chi connectivity index (χ3n) is 19.8. The minimum atomic E-state index is -1.80. The van der Waals surface area contributed by atoms with Gasteiger partial charge in [0.25, 0.3) is 0 Å². The molecular formula is C91H155NO13. The molecule has 2 fully saturated rings. The van der Waals surface area contributed by atoms with Gasteiger partial charge in [-0.2, -0.15) is 0 Å². The lowest BCUT2D eigenvalue weighted by Crippen LogP contribution is -2.65. The molecule has 0 radical (unpaired) electrons. The fourth-order valence-electron chi connectivity index (χ4n) is 13.2. The maximum Gasteiger partial charge on any atom is 0.220 e. The van der Waals surface area contributed by atoms with Gasteiger partial charge in [-0.25, -0.2) is 0 Å². The molecule has 0 aromatic rings. The zero-order valence-electron chi connectivity index (χ0n) is 66.2.